The molecule has 2 N–H and O–H groups in total. The zero-order valence-corrected chi connectivity index (χ0v) is 11.2. The van der Waals surface area contributed by atoms with Gasteiger partial charge in [-0.25, -0.2) is 0 Å². The summed E-state index contributed by atoms with van der Waals surface area (Å²) in [5.74, 6) is 0.220. The molecule has 0 heterocycles. The van der Waals surface area contributed by atoms with Gasteiger partial charge in [0.25, 0.3) is 5.91 Å². The van der Waals surface area contributed by atoms with Crippen molar-refractivity contribution in [2.45, 2.75) is 38.6 Å². The maximum absolute atomic E-state index is 12.1. The summed E-state index contributed by atoms with van der Waals surface area (Å²) in [5.41, 5.74) is 0.250. The number of nitrogens with one attached hydrogen (secondary N) is 1. The first-order valence-electron chi connectivity index (χ1n) is 6.37. The van der Waals surface area contributed by atoms with Gasteiger partial charge in [-0.15, -0.1) is 0 Å². The normalized spacial score (nSPS) is 23.7. The Hall–Kier alpha value is -1.22. The molecule has 0 aromatic heterocycles. The maximum atomic E-state index is 12.1. The lowest BCUT2D eigenvalue weighted by Crippen LogP contribution is -2.41. The van der Waals surface area contributed by atoms with E-state index in [0.29, 0.717) is 10.9 Å². The Bertz CT molecular complexity index is 447. The molecule has 98 valence electrons. The summed E-state index contributed by atoms with van der Waals surface area (Å²) in [4.78, 5) is 12.1. The number of phenols is 1. The van der Waals surface area contributed by atoms with Crippen molar-refractivity contribution < 1.29 is 9.90 Å². The third-order valence-electron chi connectivity index (χ3n) is 3.63. The number of carbonyl (C=O) groups excluding carboxylic acids is 1. The van der Waals surface area contributed by atoms with Gasteiger partial charge < -0.3 is 10.4 Å². The lowest BCUT2D eigenvalue weighted by Gasteiger charge is -2.29. The van der Waals surface area contributed by atoms with Crippen molar-refractivity contribution in [1.82, 2.24) is 5.32 Å². The minimum absolute atomic E-state index is 0.0274. The molecule has 0 spiro atoms. The second-order valence-electron chi connectivity index (χ2n) is 5.00. The fourth-order valence-electron chi connectivity index (χ4n) is 2.47. The van der Waals surface area contributed by atoms with Crippen molar-refractivity contribution in [1.29, 1.82) is 0 Å². The van der Waals surface area contributed by atoms with Crippen molar-refractivity contribution in [3.05, 3.63) is 28.8 Å². The fraction of sp³-hybridized carbons (Fsp3) is 0.500. The number of phenolic OH excluding ortho intramolecular Hbond substituents is 1. The van der Waals surface area contributed by atoms with Crippen LogP contribution in [-0.4, -0.2) is 17.1 Å². The molecule has 0 radical (unpaired) electrons. The topological polar surface area (TPSA) is 49.3 Å². The highest BCUT2D eigenvalue weighted by Gasteiger charge is 2.24. The Morgan fingerprint density at radius 3 is 2.83 bits per heavy atom. The summed E-state index contributed by atoms with van der Waals surface area (Å²) >= 11 is 5.84. The van der Waals surface area contributed by atoms with E-state index in [9.17, 15) is 9.90 Å². The molecule has 2 atom stereocenters. The molecule has 0 saturated heterocycles. The van der Waals surface area contributed by atoms with Crippen LogP contribution in [0.25, 0.3) is 0 Å². The molecular weight excluding hydrogens is 250 g/mol. The van der Waals surface area contributed by atoms with E-state index in [1.165, 1.54) is 18.6 Å². The molecule has 18 heavy (non-hydrogen) atoms. The highest BCUT2D eigenvalue weighted by molar-refractivity contribution is 6.31. The molecule has 2 unspecified atom stereocenters. The van der Waals surface area contributed by atoms with Crippen molar-refractivity contribution in [3.8, 4) is 5.75 Å². The zero-order chi connectivity index (χ0) is 13.1. The predicted molar refractivity (Wildman–Crippen MR) is 72.0 cm³/mol. The Morgan fingerprint density at radius 1 is 1.39 bits per heavy atom. The molecule has 2 rings (SSSR count). The summed E-state index contributed by atoms with van der Waals surface area (Å²) in [7, 11) is 0. The van der Waals surface area contributed by atoms with Crippen LogP contribution in [0.15, 0.2) is 18.2 Å². The van der Waals surface area contributed by atoms with Crippen LogP contribution < -0.4 is 5.32 Å². The number of benzene rings is 1. The summed E-state index contributed by atoms with van der Waals surface area (Å²) in [6.07, 6.45) is 4.54. The minimum Gasteiger partial charge on any atom is -0.507 e. The van der Waals surface area contributed by atoms with Crippen molar-refractivity contribution in [3.63, 3.8) is 0 Å². The summed E-state index contributed by atoms with van der Waals surface area (Å²) in [6, 6.07) is 4.71. The van der Waals surface area contributed by atoms with Gasteiger partial charge in [-0.3, -0.25) is 4.79 Å². The van der Waals surface area contributed by atoms with Gasteiger partial charge in [0.2, 0.25) is 0 Å². The number of carbonyl (C=O) groups is 1. The average molecular weight is 268 g/mol. The lowest BCUT2D eigenvalue weighted by molar-refractivity contribution is 0.0907. The van der Waals surface area contributed by atoms with Crippen LogP contribution in [0.2, 0.25) is 5.02 Å². The highest BCUT2D eigenvalue weighted by Crippen LogP contribution is 2.26. The third-order valence-corrected chi connectivity index (χ3v) is 3.87. The summed E-state index contributed by atoms with van der Waals surface area (Å²) in [6.45, 7) is 2.15. The molecule has 0 bridgehead atoms. The van der Waals surface area contributed by atoms with Crippen LogP contribution in [0.3, 0.4) is 0 Å². The van der Waals surface area contributed by atoms with Gasteiger partial charge in [-0.05, 0) is 37.0 Å². The highest BCUT2D eigenvalue weighted by atomic mass is 35.5. The standard InChI is InChI=1S/C14H18ClNO2/c1-9-4-2-3-5-12(9)16-14(18)11-8-10(15)6-7-13(11)17/h6-9,12,17H,2-5H2,1H3,(H,16,18). The maximum Gasteiger partial charge on any atom is 0.255 e. The number of hydrogen-bond acceptors (Lipinski definition) is 2. The van der Waals surface area contributed by atoms with Gasteiger partial charge >= 0.3 is 0 Å². The molecule has 3 nitrogen and oxygen atoms in total. The van der Waals surface area contributed by atoms with Crippen LogP contribution in [0.4, 0.5) is 0 Å². The van der Waals surface area contributed by atoms with E-state index in [4.69, 9.17) is 11.6 Å². The molecule has 1 saturated carbocycles. The quantitative estimate of drug-likeness (QED) is 0.863. The zero-order valence-electron chi connectivity index (χ0n) is 10.4. The fourth-order valence-corrected chi connectivity index (χ4v) is 2.64. The van der Waals surface area contributed by atoms with Crippen LogP contribution in [-0.2, 0) is 0 Å². The second-order valence-corrected chi connectivity index (χ2v) is 5.44. The number of aromatic hydroxyl groups is 1. The Morgan fingerprint density at radius 2 is 2.11 bits per heavy atom. The molecule has 1 amide bonds. The summed E-state index contributed by atoms with van der Waals surface area (Å²) < 4.78 is 0. The van der Waals surface area contributed by atoms with E-state index in [1.54, 1.807) is 6.07 Å². The van der Waals surface area contributed by atoms with Crippen LogP contribution in [0, 0.1) is 5.92 Å². The number of amides is 1. The van der Waals surface area contributed by atoms with E-state index < -0.39 is 0 Å². The Labute approximate surface area is 112 Å². The van der Waals surface area contributed by atoms with Crippen LogP contribution in [0.5, 0.6) is 5.75 Å². The largest absolute Gasteiger partial charge is 0.507 e. The first kappa shape index (κ1) is 13.2. The Kier molecular flexibility index (Phi) is 4.12. The first-order valence-corrected chi connectivity index (χ1v) is 6.75. The molecule has 1 aliphatic rings. The van der Waals surface area contributed by atoms with Gasteiger partial charge in [0.1, 0.15) is 5.75 Å². The summed E-state index contributed by atoms with van der Waals surface area (Å²) in [5, 5.41) is 13.1. The monoisotopic (exact) mass is 267 g/mol. The predicted octanol–water partition coefficient (Wildman–Crippen LogP) is 3.35. The van der Waals surface area contributed by atoms with Gasteiger partial charge in [-0.2, -0.15) is 0 Å². The van der Waals surface area contributed by atoms with E-state index in [2.05, 4.69) is 12.2 Å². The molecular formula is C14H18ClNO2. The van der Waals surface area contributed by atoms with E-state index >= 15 is 0 Å². The van der Waals surface area contributed by atoms with Crippen molar-refractivity contribution in [2.75, 3.05) is 0 Å². The third kappa shape index (κ3) is 2.96. The van der Waals surface area contributed by atoms with Gasteiger partial charge in [0, 0.05) is 11.1 Å². The molecule has 4 heteroatoms. The van der Waals surface area contributed by atoms with Crippen LogP contribution >= 0.6 is 11.6 Å². The minimum atomic E-state index is -0.242. The Balaban J connectivity index is 2.09. The molecule has 1 aliphatic carbocycles. The smallest absolute Gasteiger partial charge is 0.255 e. The van der Waals surface area contributed by atoms with Gasteiger partial charge in [0.05, 0.1) is 5.56 Å². The van der Waals surface area contributed by atoms with Crippen molar-refractivity contribution in [2.24, 2.45) is 5.92 Å². The van der Waals surface area contributed by atoms with E-state index in [1.807, 2.05) is 0 Å². The lowest BCUT2D eigenvalue weighted by atomic mass is 9.86. The number of rotatable bonds is 2. The van der Waals surface area contributed by atoms with Crippen molar-refractivity contribution >= 4 is 17.5 Å². The second kappa shape index (κ2) is 5.61. The number of halogens is 1. The van der Waals surface area contributed by atoms with Crippen LogP contribution in [0.1, 0.15) is 43.0 Å². The molecule has 1 aromatic rings. The number of hydrogen-bond donors (Lipinski definition) is 2. The van der Waals surface area contributed by atoms with Gasteiger partial charge in [-0.1, -0.05) is 31.4 Å². The molecule has 1 fully saturated rings. The van der Waals surface area contributed by atoms with E-state index in [0.717, 1.165) is 19.3 Å². The van der Waals surface area contributed by atoms with E-state index in [-0.39, 0.29) is 23.3 Å². The first-order chi connectivity index (χ1) is 8.58. The molecule has 0 aliphatic heterocycles. The SMILES string of the molecule is CC1CCCCC1NC(=O)c1cc(Cl)ccc1O. The van der Waals surface area contributed by atoms with Gasteiger partial charge in [0.15, 0.2) is 0 Å². The average Bonchev–Trinajstić information content (AvgIpc) is 2.35. The molecule has 1 aromatic carbocycles.